The van der Waals surface area contributed by atoms with E-state index in [0.717, 1.165) is 16.7 Å². The molecule has 0 saturated heterocycles. The van der Waals surface area contributed by atoms with Crippen molar-refractivity contribution in [2.24, 2.45) is 11.7 Å². The molecule has 0 aliphatic carbocycles. The van der Waals surface area contributed by atoms with E-state index in [2.05, 4.69) is 11.9 Å². The van der Waals surface area contributed by atoms with Crippen molar-refractivity contribution in [2.45, 2.75) is 31.4 Å². The van der Waals surface area contributed by atoms with Crippen LogP contribution in [0.5, 0.6) is 5.75 Å². The molecular formula is C30H34N2O5S. The lowest BCUT2D eigenvalue weighted by atomic mass is 10.00. The predicted octanol–water partition coefficient (Wildman–Crippen LogP) is 3.80. The molecule has 0 aromatic heterocycles. The number of aryl methyl sites for hydroxylation is 2. The van der Waals surface area contributed by atoms with E-state index in [0.29, 0.717) is 30.5 Å². The molecule has 0 radical (unpaired) electrons. The highest BCUT2D eigenvalue weighted by atomic mass is 32.2. The Morgan fingerprint density at radius 3 is 2.21 bits per heavy atom. The zero-order valence-corrected chi connectivity index (χ0v) is 22.1. The molecule has 3 rings (SSSR count). The third kappa shape index (κ3) is 9.52. The van der Waals surface area contributed by atoms with Crippen molar-refractivity contribution in [2.75, 3.05) is 12.3 Å². The molecule has 0 fully saturated rings. The average molecular weight is 535 g/mol. The van der Waals surface area contributed by atoms with E-state index in [9.17, 15) is 23.1 Å². The third-order valence-electron chi connectivity index (χ3n) is 6.22. The Morgan fingerprint density at radius 2 is 1.55 bits per heavy atom. The van der Waals surface area contributed by atoms with E-state index >= 15 is 0 Å². The first-order valence-corrected chi connectivity index (χ1v) is 14.3. The third-order valence-corrected chi connectivity index (χ3v) is 7.91. The first-order chi connectivity index (χ1) is 18.1. The van der Waals surface area contributed by atoms with Crippen LogP contribution >= 0.6 is 0 Å². The summed E-state index contributed by atoms with van der Waals surface area (Å²) in [5.41, 5.74) is 9.39. The Balaban J connectivity index is 1.59. The summed E-state index contributed by atoms with van der Waals surface area (Å²) in [5, 5.41) is 12.3. The SMILES string of the molecule is C=C(N)c1ccc(CCC(=O)CNC(=O)[C@@H](CCc2ccccc2)CS(=O)(=O)Cc2cccc(O)c2)cc1. The number of hydrogen-bond acceptors (Lipinski definition) is 6. The zero-order valence-electron chi connectivity index (χ0n) is 21.3. The van der Waals surface area contributed by atoms with Gasteiger partial charge in [-0.3, -0.25) is 9.59 Å². The quantitative estimate of drug-likeness (QED) is 0.289. The molecule has 7 nitrogen and oxygen atoms in total. The predicted molar refractivity (Wildman–Crippen MR) is 150 cm³/mol. The second-order valence-electron chi connectivity index (χ2n) is 9.42. The van der Waals surface area contributed by atoms with Crippen LogP contribution in [0.4, 0.5) is 0 Å². The van der Waals surface area contributed by atoms with Crippen molar-refractivity contribution >= 4 is 27.2 Å². The lowest BCUT2D eigenvalue weighted by Gasteiger charge is -2.17. The van der Waals surface area contributed by atoms with E-state index in [4.69, 9.17) is 5.73 Å². The number of hydrogen-bond donors (Lipinski definition) is 3. The van der Waals surface area contributed by atoms with Crippen LogP contribution in [0.3, 0.4) is 0 Å². The van der Waals surface area contributed by atoms with Gasteiger partial charge in [0.2, 0.25) is 5.91 Å². The minimum absolute atomic E-state index is 0.0182. The summed E-state index contributed by atoms with van der Waals surface area (Å²) in [6, 6.07) is 23.0. The van der Waals surface area contributed by atoms with Crippen LogP contribution in [0.2, 0.25) is 0 Å². The second kappa shape index (κ2) is 13.6. The Bertz CT molecular complexity index is 1350. The number of ketones is 1. The highest BCUT2D eigenvalue weighted by Crippen LogP contribution is 2.18. The highest BCUT2D eigenvalue weighted by molar-refractivity contribution is 7.90. The number of amides is 1. The fraction of sp³-hybridized carbons (Fsp3) is 0.267. The molecule has 0 bridgehead atoms. The summed E-state index contributed by atoms with van der Waals surface area (Å²) in [6.07, 6.45) is 1.61. The standard InChI is InChI=1S/C30H34N2O5S/c1-22(31)26-14-10-24(11-15-26)13-17-29(34)19-32-30(35)27(16-12-23-6-3-2-4-7-23)21-38(36,37)20-25-8-5-9-28(33)18-25/h2-11,14-15,18,27,33H,1,12-13,16-17,19-21,31H2,(H,32,35)/t27-/m0/s1. The van der Waals surface area contributed by atoms with E-state index in [1.807, 2.05) is 54.6 Å². The van der Waals surface area contributed by atoms with E-state index < -0.39 is 21.7 Å². The van der Waals surface area contributed by atoms with Crippen LogP contribution in [0.1, 0.15) is 35.1 Å². The first-order valence-electron chi connectivity index (χ1n) is 12.5. The van der Waals surface area contributed by atoms with Gasteiger partial charge in [0, 0.05) is 12.1 Å². The normalized spacial score (nSPS) is 12.0. The number of carbonyl (C=O) groups excluding carboxylic acids is 2. The number of phenols is 1. The maximum atomic E-state index is 13.0. The number of benzene rings is 3. The van der Waals surface area contributed by atoms with Crippen molar-refractivity contribution in [3.8, 4) is 5.75 Å². The van der Waals surface area contributed by atoms with Crippen LogP contribution < -0.4 is 11.1 Å². The van der Waals surface area contributed by atoms with Gasteiger partial charge in [0.1, 0.15) is 5.75 Å². The van der Waals surface area contributed by atoms with Crippen molar-refractivity contribution in [1.29, 1.82) is 0 Å². The number of nitrogens with two attached hydrogens (primary N) is 1. The van der Waals surface area contributed by atoms with E-state index in [-0.39, 0.29) is 36.0 Å². The van der Waals surface area contributed by atoms with Gasteiger partial charge in [0.05, 0.1) is 24.0 Å². The molecule has 4 N–H and O–H groups in total. The van der Waals surface area contributed by atoms with Crippen molar-refractivity contribution in [1.82, 2.24) is 5.32 Å². The monoisotopic (exact) mass is 534 g/mol. The molecule has 38 heavy (non-hydrogen) atoms. The molecule has 3 aromatic rings. The van der Waals surface area contributed by atoms with Crippen LogP contribution in [0.25, 0.3) is 5.70 Å². The first kappa shape index (κ1) is 28.7. The van der Waals surface area contributed by atoms with Gasteiger partial charge < -0.3 is 16.2 Å². The Morgan fingerprint density at radius 1 is 0.895 bits per heavy atom. The van der Waals surface area contributed by atoms with Crippen molar-refractivity contribution in [3.63, 3.8) is 0 Å². The van der Waals surface area contributed by atoms with Gasteiger partial charge in [-0.25, -0.2) is 8.42 Å². The van der Waals surface area contributed by atoms with Crippen LogP contribution in [0, 0.1) is 5.92 Å². The number of carbonyl (C=O) groups is 2. The maximum absolute atomic E-state index is 13.0. The maximum Gasteiger partial charge on any atom is 0.224 e. The number of Topliss-reactive ketones (excluding diaryl/α,β-unsaturated/α-hetero) is 1. The van der Waals surface area contributed by atoms with E-state index in [1.165, 1.54) is 12.1 Å². The molecule has 3 aromatic carbocycles. The lowest BCUT2D eigenvalue weighted by molar-refractivity contribution is -0.127. The fourth-order valence-corrected chi connectivity index (χ4v) is 5.87. The molecule has 0 unspecified atom stereocenters. The Kier molecular flexibility index (Phi) is 10.2. The summed E-state index contributed by atoms with van der Waals surface area (Å²) in [5.74, 6) is -2.08. The van der Waals surface area contributed by atoms with Crippen LogP contribution in [-0.4, -0.2) is 37.5 Å². The molecule has 0 heterocycles. The number of nitrogens with one attached hydrogen (secondary N) is 1. The van der Waals surface area contributed by atoms with Crippen molar-refractivity contribution in [3.05, 3.63) is 108 Å². The molecule has 0 aliphatic heterocycles. The largest absolute Gasteiger partial charge is 0.508 e. The molecular weight excluding hydrogens is 500 g/mol. The van der Waals surface area contributed by atoms with Gasteiger partial charge in [-0.1, -0.05) is 73.3 Å². The molecule has 0 aliphatic rings. The fourth-order valence-electron chi connectivity index (χ4n) is 4.13. The lowest BCUT2D eigenvalue weighted by Crippen LogP contribution is -2.38. The average Bonchev–Trinajstić information content (AvgIpc) is 2.89. The van der Waals surface area contributed by atoms with E-state index in [1.54, 1.807) is 12.1 Å². The Labute approximate surface area is 224 Å². The minimum atomic E-state index is -3.67. The summed E-state index contributed by atoms with van der Waals surface area (Å²) < 4.78 is 25.9. The Hall–Kier alpha value is -3.91. The smallest absolute Gasteiger partial charge is 0.224 e. The van der Waals surface area contributed by atoms with Crippen LogP contribution in [-0.2, 0) is 38.0 Å². The topological polar surface area (TPSA) is 127 Å². The summed E-state index contributed by atoms with van der Waals surface area (Å²) in [4.78, 5) is 25.5. The number of rotatable bonds is 14. The number of sulfone groups is 1. The summed E-state index contributed by atoms with van der Waals surface area (Å²) >= 11 is 0. The zero-order chi connectivity index (χ0) is 27.5. The van der Waals surface area contributed by atoms with Gasteiger partial charge in [-0.15, -0.1) is 0 Å². The van der Waals surface area contributed by atoms with Gasteiger partial charge in [0.25, 0.3) is 0 Å². The van der Waals surface area contributed by atoms with Gasteiger partial charge in [0.15, 0.2) is 15.6 Å². The summed E-state index contributed by atoms with van der Waals surface area (Å²) in [6.45, 7) is 3.53. The number of phenolic OH excluding ortho intramolecular Hbond substituents is 1. The summed E-state index contributed by atoms with van der Waals surface area (Å²) in [7, 11) is -3.67. The van der Waals surface area contributed by atoms with Crippen LogP contribution in [0.15, 0.2) is 85.4 Å². The molecule has 0 saturated carbocycles. The number of aromatic hydroxyl groups is 1. The molecule has 200 valence electrons. The molecule has 1 atom stereocenters. The van der Waals surface area contributed by atoms with Crippen molar-refractivity contribution < 1.29 is 23.1 Å². The minimum Gasteiger partial charge on any atom is -0.508 e. The highest BCUT2D eigenvalue weighted by Gasteiger charge is 2.26. The molecule has 1 amide bonds. The second-order valence-corrected chi connectivity index (χ2v) is 11.5. The van der Waals surface area contributed by atoms with Gasteiger partial charge >= 0.3 is 0 Å². The van der Waals surface area contributed by atoms with Gasteiger partial charge in [-0.2, -0.15) is 0 Å². The molecule has 8 heteroatoms. The molecule has 0 spiro atoms. The van der Waals surface area contributed by atoms with Gasteiger partial charge in [-0.05, 0) is 53.6 Å².